The van der Waals surface area contributed by atoms with Crippen LogP contribution in [0, 0.1) is 12.8 Å². The minimum Gasteiger partial charge on any atom is -0.309 e. The number of allylic oxidation sites excluding steroid dienone is 3. The molecular weight excluding hydrogens is 418 g/mol. The van der Waals surface area contributed by atoms with Crippen LogP contribution in [-0.4, -0.2) is 34.3 Å². The van der Waals surface area contributed by atoms with Gasteiger partial charge in [0.2, 0.25) is 0 Å². The van der Waals surface area contributed by atoms with Crippen molar-refractivity contribution in [2.45, 2.75) is 51.6 Å². The normalized spacial score (nSPS) is 19.8. The van der Waals surface area contributed by atoms with Gasteiger partial charge < -0.3 is 10.7 Å². The molecule has 1 saturated carbocycles. The predicted molar refractivity (Wildman–Crippen MR) is 144 cm³/mol. The summed E-state index contributed by atoms with van der Waals surface area (Å²) in [5.41, 5.74) is 9.14. The maximum Gasteiger partial charge on any atom is 0.116 e. The van der Waals surface area contributed by atoms with Crippen LogP contribution in [0.15, 0.2) is 91.5 Å². The number of aromatic nitrogens is 2. The summed E-state index contributed by atoms with van der Waals surface area (Å²) < 4.78 is 0. The van der Waals surface area contributed by atoms with Gasteiger partial charge in [0.25, 0.3) is 0 Å². The summed E-state index contributed by atoms with van der Waals surface area (Å²) in [6.07, 6.45) is 13.7. The molecule has 2 N–H and O–H groups in total. The summed E-state index contributed by atoms with van der Waals surface area (Å²) in [5.74, 6) is 0.603. The van der Waals surface area contributed by atoms with E-state index in [4.69, 9.17) is 5.10 Å². The Kier molecular flexibility index (Phi) is 9.53. The van der Waals surface area contributed by atoms with Gasteiger partial charge in [-0.05, 0) is 57.1 Å². The fourth-order valence-corrected chi connectivity index (χ4v) is 4.37. The van der Waals surface area contributed by atoms with Crippen LogP contribution in [0.3, 0.4) is 0 Å². The van der Waals surface area contributed by atoms with Crippen molar-refractivity contribution >= 4 is 11.3 Å². The van der Waals surface area contributed by atoms with Crippen molar-refractivity contribution in [3.05, 3.63) is 103 Å². The molecule has 0 aliphatic heterocycles. The average Bonchev–Trinajstić information content (AvgIpc) is 2.87. The summed E-state index contributed by atoms with van der Waals surface area (Å²) in [7, 11) is 0. The molecule has 1 unspecified atom stereocenters. The lowest BCUT2D eigenvalue weighted by Gasteiger charge is -2.31. The Bertz CT molecular complexity index is 1010. The Labute approximate surface area is 204 Å². The number of nitrogens with zero attached hydrogens (tertiary/aromatic N) is 3. The fraction of sp³-hybridized carbons (Fsp3) is 0.345. The van der Waals surface area contributed by atoms with E-state index in [0.717, 1.165) is 41.9 Å². The summed E-state index contributed by atoms with van der Waals surface area (Å²) in [6.45, 7) is 17.1. The van der Waals surface area contributed by atoms with Crippen molar-refractivity contribution in [3.63, 3.8) is 0 Å². The molecule has 0 amide bonds. The van der Waals surface area contributed by atoms with Crippen LogP contribution in [0.5, 0.6) is 0 Å². The largest absolute Gasteiger partial charge is 0.309 e. The van der Waals surface area contributed by atoms with Gasteiger partial charge in [0.1, 0.15) is 6.33 Å². The third kappa shape index (κ3) is 7.09. The summed E-state index contributed by atoms with van der Waals surface area (Å²) in [6, 6.07) is 11.0. The van der Waals surface area contributed by atoms with E-state index in [1.165, 1.54) is 24.0 Å². The first-order valence-corrected chi connectivity index (χ1v) is 12.1. The highest BCUT2D eigenvalue weighted by molar-refractivity contribution is 6.30. The van der Waals surface area contributed by atoms with Crippen molar-refractivity contribution in [2.24, 2.45) is 11.0 Å². The van der Waals surface area contributed by atoms with Gasteiger partial charge in [-0.25, -0.2) is 9.97 Å². The molecule has 3 rings (SSSR count). The summed E-state index contributed by atoms with van der Waals surface area (Å²) in [4.78, 5) is 8.38. The van der Waals surface area contributed by atoms with Gasteiger partial charge in [0, 0.05) is 36.0 Å². The van der Waals surface area contributed by atoms with Crippen molar-refractivity contribution in [1.82, 2.24) is 20.7 Å². The first kappa shape index (κ1) is 25.3. The standard InChI is InChI=1S/C29H37N5/c1-6-8-25(7-2)23(5)33-27-15-11-24(12-16-27)19-32-34-29(26-13-9-21(3)10-14-26)22(4)28-17-18-30-20-31-28/h6-10,13-14,17-18,20,23-24,27,32-33H,1-2,4,11-12,15-16,19H2,3,5H3/b25-8+,34-29+. The van der Waals surface area contributed by atoms with E-state index >= 15 is 0 Å². The average molecular weight is 456 g/mol. The molecule has 178 valence electrons. The molecule has 1 aliphatic carbocycles. The molecule has 1 atom stereocenters. The zero-order chi connectivity index (χ0) is 24.3. The second kappa shape index (κ2) is 12.8. The van der Waals surface area contributed by atoms with Gasteiger partial charge in [0.05, 0.1) is 11.4 Å². The quantitative estimate of drug-likeness (QED) is 0.262. The van der Waals surface area contributed by atoms with E-state index in [1.807, 2.05) is 24.3 Å². The van der Waals surface area contributed by atoms with Crippen molar-refractivity contribution in [3.8, 4) is 0 Å². The molecule has 2 aromatic rings. The Hall–Kier alpha value is -3.31. The van der Waals surface area contributed by atoms with Crippen LogP contribution in [0.1, 0.15) is 49.4 Å². The molecular formula is C29H37N5. The monoisotopic (exact) mass is 455 g/mol. The lowest BCUT2D eigenvalue weighted by atomic mass is 9.85. The predicted octanol–water partition coefficient (Wildman–Crippen LogP) is 5.63. The number of aryl methyl sites for hydroxylation is 1. The van der Waals surface area contributed by atoms with E-state index in [9.17, 15) is 0 Å². The summed E-state index contributed by atoms with van der Waals surface area (Å²) >= 11 is 0. The number of benzene rings is 1. The minimum absolute atomic E-state index is 0.282. The smallest absolute Gasteiger partial charge is 0.116 e. The van der Waals surface area contributed by atoms with Crippen LogP contribution in [-0.2, 0) is 0 Å². The van der Waals surface area contributed by atoms with E-state index < -0.39 is 0 Å². The van der Waals surface area contributed by atoms with Gasteiger partial charge in [-0.15, -0.1) is 0 Å². The lowest BCUT2D eigenvalue weighted by molar-refractivity contribution is 0.278. The molecule has 34 heavy (non-hydrogen) atoms. The van der Waals surface area contributed by atoms with E-state index in [1.54, 1.807) is 12.5 Å². The molecule has 1 aromatic carbocycles. The van der Waals surface area contributed by atoms with E-state index in [2.05, 4.69) is 78.6 Å². The highest BCUT2D eigenvalue weighted by Crippen LogP contribution is 2.25. The Morgan fingerprint density at radius 1 is 1.15 bits per heavy atom. The maximum atomic E-state index is 4.78. The number of hydrogen-bond acceptors (Lipinski definition) is 5. The van der Waals surface area contributed by atoms with Crippen molar-refractivity contribution < 1.29 is 0 Å². The van der Waals surface area contributed by atoms with Crippen LogP contribution in [0.2, 0.25) is 0 Å². The second-order valence-electron chi connectivity index (χ2n) is 8.97. The summed E-state index contributed by atoms with van der Waals surface area (Å²) in [5, 5.41) is 8.53. The van der Waals surface area contributed by atoms with Crippen LogP contribution in [0.25, 0.3) is 5.57 Å². The van der Waals surface area contributed by atoms with Crippen molar-refractivity contribution in [2.75, 3.05) is 6.54 Å². The Morgan fingerprint density at radius 3 is 2.50 bits per heavy atom. The van der Waals surface area contributed by atoms with E-state index in [-0.39, 0.29) is 6.04 Å². The van der Waals surface area contributed by atoms with E-state index in [0.29, 0.717) is 12.0 Å². The lowest BCUT2D eigenvalue weighted by Crippen LogP contribution is -2.40. The Balaban J connectivity index is 1.59. The molecule has 0 radical (unpaired) electrons. The zero-order valence-corrected chi connectivity index (χ0v) is 20.5. The molecule has 1 heterocycles. The fourth-order valence-electron chi connectivity index (χ4n) is 4.37. The highest BCUT2D eigenvalue weighted by atomic mass is 15.3. The molecule has 5 heteroatoms. The molecule has 1 aromatic heterocycles. The van der Waals surface area contributed by atoms with Crippen molar-refractivity contribution in [1.29, 1.82) is 0 Å². The number of nitrogens with one attached hydrogen (secondary N) is 2. The van der Waals surface area contributed by atoms with Crippen LogP contribution in [0.4, 0.5) is 0 Å². The van der Waals surface area contributed by atoms with Gasteiger partial charge in [0.15, 0.2) is 0 Å². The van der Waals surface area contributed by atoms with Crippen LogP contribution >= 0.6 is 0 Å². The molecule has 0 saturated heterocycles. The molecule has 1 fully saturated rings. The second-order valence-corrected chi connectivity index (χ2v) is 8.97. The number of hydrazone groups is 1. The highest BCUT2D eigenvalue weighted by Gasteiger charge is 2.22. The topological polar surface area (TPSA) is 62.2 Å². The van der Waals surface area contributed by atoms with Gasteiger partial charge in [-0.2, -0.15) is 5.10 Å². The maximum absolute atomic E-state index is 4.78. The number of hydrogen-bond donors (Lipinski definition) is 2. The number of rotatable bonds is 11. The zero-order valence-electron chi connectivity index (χ0n) is 20.5. The van der Waals surface area contributed by atoms with Gasteiger partial charge in [-0.1, -0.05) is 67.8 Å². The van der Waals surface area contributed by atoms with Gasteiger partial charge in [-0.3, -0.25) is 0 Å². The molecule has 5 nitrogen and oxygen atoms in total. The van der Waals surface area contributed by atoms with Crippen LogP contribution < -0.4 is 10.7 Å². The molecule has 0 bridgehead atoms. The SMILES string of the molecule is C=C/C=C(\C=C)C(C)NC1CCC(CN/N=C(\C(=C)c2ccncn2)c2ccc(C)cc2)CC1. The Morgan fingerprint density at radius 2 is 1.88 bits per heavy atom. The first-order chi connectivity index (χ1) is 16.5. The first-order valence-electron chi connectivity index (χ1n) is 12.1. The third-order valence-electron chi connectivity index (χ3n) is 6.45. The minimum atomic E-state index is 0.282. The molecule has 0 spiro atoms. The molecule has 1 aliphatic rings. The third-order valence-corrected chi connectivity index (χ3v) is 6.45. The van der Waals surface area contributed by atoms with Gasteiger partial charge >= 0.3 is 0 Å².